The van der Waals surface area contributed by atoms with Gasteiger partial charge in [0.15, 0.2) is 22.9 Å². The normalized spacial score (nSPS) is 16.3. The van der Waals surface area contributed by atoms with E-state index < -0.39 is 0 Å². The van der Waals surface area contributed by atoms with Gasteiger partial charge in [0, 0.05) is 60.8 Å². The van der Waals surface area contributed by atoms with Gasteiger partial charge in [-0.3, -0.25) is 19.4 Å². The van der Waals surface area contributed by atoms with Crippen LogP contribution >= 0.6 is 23.2 Å². The lowest BCUT2D eigenvalue weighted by molar-refractivity contribution is 0.0963. The van der Waals surface area contributed by atoms with Crippen molar-refractivity contribution in [3.63, 3.8) is 0 Å². The number of hydrogen-bond donors (Lipinski definition) is 2. The third kappa shape index (κ3) is 8.86. The molecule has 2 fully saturated rings. The van der Waals surface area contributed by atoms with Gasteiger partial charge in [-0.2, -0.15) is 9.78 Å². The molecule has 0 bridgehead atoms. The number of aromatic nitrogens is 9. The number of pyridine rings is 3. The monoisotopic (exact) mass is 879 g/mol. The Balaban J connectivity index is 0.000000160. The van der Waals surface area contributed by atoms with Crippen molar-refractivity contribution in [2.24, 2.45) is 0 Å². The summed E-state index contributed by atoms with van der Waals surface area (Å²) in [6, 6.07) is 25.6. The molecule has 0 unspecified atom stereocenters. The number of halogens is 2. The summed E-state index contributed by atoms with van der Waals surface area (Å²) in [7, 11) is 0. The maximum absolute atomic E-state index is 13.6. The Kier molecular flexibility index (Phi) is 12.4. The number of benzene rings is 2. The third-order valence-corrected chi connectivity index (χ3v) is 11.7. The van der Waals surface area contributed by atoms with Crippen LogP contribution in [-0.4, -0.2) is 94.6 Å². The fraction of sp³-hybridized carbons (Fsp3) is 0.239. The van der Waals surface area contributed by atoms with Gasteiger partial charge in [-0.1, -0.05) is 40.5 Å². The summed E-state index contributed by atoms with van der Waals surface area (Å²) in [4.78, 5) is 48.3. The molecule has 0 saturated carbocycles. The highest BCUT2D eigenvalue weighted by Gasteiger charge is 2.32. The Labute approximate surface area is 373 Å². The number of nitrogens with zero attached hydrogens (tertiary/aromatic N) is 11. The number of aryl methyl sites for hydroxylation is 1. The van der Waals surface area contributed by atoms with E-state index in [9.17, 15) is 9.59 Å². The first-order valence-electron chi connectivity index (χ1n) is 20.8. The summed E-state index contributed by atoms with van der Waals surface area (Å²) in [5, 5.41) is 20.4. The maximum atomic E-state index is 13.6. The number of nitrogens with one attached hydrogen (secondary N) is 2. The minimum absolute atomic E-state index is 0.00264. The molecule has 10 rings (SSSR count). The molecule has 2 amide bonds. The number of piperidine rings is 2. The molecule has 318 valence electrons. The van der Waals surface area contributed by atoms with Gasteiger partial charge in [-0.05, 0) is 130 Å². The summed E-state index contributed by atoms with van der Waals surface area (Å²) < 4.78 is 3.40. The Hall–Kier alpha value is -6.65. The van der Waals surface area contributed by atoms with Crippen molar-refractivity contribution >= 4 is 63.5 Å². The second-order valence-electron chi connectivity index (χ2n) is 15.4. The third-order valence-electron chi connectivity index (χ3n) is 11.2. The summed E-state index contributed by atoms with van der Waals surface area (Å²) >= 11 is 12.9. The average molecular weight is 881 g/mol. The molecule has 2 aliphatic rings. The minimum Gasteiger partial charge on any atom is -0.315 e. The number of carbonyl (C=O) groups excluding carboxylic acids is 2. The van der Waals surface area contributed by atoms with E-state index in [1.54, 1.807) is 86.4 Å². The molecule has 0 aliphatic carbocycles. The molecule has 63 heavy (non-hydrogen) atoms. The zero-order chi connectivity index (χ0) is 43.3. The topological polar surface area (TPSA) is 164 Å². The number of carbonyl (C=O) groups is 2. The van der Waals surface area contributed by atoms with E-state index in [-0.39, 0.29) is 23.9 Å². The van der Waals surface area contributed by atoms with Crippen LogP contribution in [0.1, 0.15) is 52.0 Å². The van der Waals surface area contributed by atoms with Crippen molar-refractivity contribution in [1.29, 1.82) is 0 Å². The van der Waals surface area contributed by atoms with Gasteiger partial charge >= 0.3 is 0 Å². The number of rotatable bonds is 8. The Morgan fingerprint density at radius 1 is 0.698 bits per heavy atom. The molecule has 8 aromatic rings. The smallest absolute Gasteiger partial charge is 0.259 e. The predicted molar refractivity (Wildman–Crippen MR) is 244 cm³/mol. The van der Waals surface area contributed by atoms with E-state index in [1.807, 2.05) is 61.7 Å². The lowest BCUT2D eigenvalue weighted by Crippen LogP contribution is -2.49. The molecular weight excluding hydrogens is 838 g/mol. The zero-order valence-corrected chi connectivity index (χ0v) is 35.9. The van der Waals surface area contributed by atoms with Crippen molar-refractivity contribution < 1.29 is 9.59 Å². The Bertz CT molecular complexity index is 2870. The molecule has 0 radical (unpaired) electrons. The molecule has 2 N–H and O–H groups in total. The van der Waals surface area contributed by atoms with Gasteiger partial charge in [0.25, 0.3) is 11.8 Å². The van der Waals surface area contributed by atoms with E-state index in [2.05, 4.69) is 46.0 Å². The molecule has 17 heteroatoms. The predicted octanol–water partition coefficient (Wildman–Crippen LogP) is 7.41. The number of fused-ring (bicyclic) bond motifs is 2. The van der Waals surface area contributed by atoms with E-state index in [1.165, 1.54) is 0 Å². The molecule has 15 nitrogen and oxygen atoms in total. The average Bonchev–Trinajstić information content (AvgIpc) is 3.96. The largest absolute Gasteiger partial charge is 0.315 e. The summed E-state index contributed by atoms with van der Waals surface area (Å²) in [5.74, 6) is 0.736. The highest BCUT2D eigenvalue weighted by Crippen LogP contribution is 2.31. The summed E-state index contributed by atoms with van der Waals surface area (Å²) in [6.45, 7) is 5.28. The number of amides is 2. The maximum Gasteiger partial charge on any atom is 0.259 e. The summed E-state index contributed by atoms with van der Waals surface area (Å²) in [5.41, 5.74) is 6.98. The zero-order valence-electron chi connectivity index (χ0n) is 34.4. The standard InChI is InChI=1S/C23H22ClN7O.C23H21ClN6O/c1-15-12-20-22(27-13-15)31(29-28-20)17-8-6-16(7-9-17)23(32)30(18-4-2-10-25-14-18)21-19(24)5-3-11-26-21;24-20-5-2-11-27-22(20)30(18-4-1-10-25-14-18)23(31)17-8-6-16(7-9-17)19-15-28-29-13-3-12-26-21(19)29/h3,5-9,11-13,18,25H,2,4,10,14H2,1H3;2-3,5-9,11-13,15,18,25H,1,4,10,14H2/t2*18-/m11/s1. The first-order valence-corrected chi connectivity index (χ1v) is 21.6. The molecule has 6 aromatic heterocycles. The Morgan fingerprint density at radius 2 is 1.29 bits per heavy atom. The van der Waals surface area contributed by atoms with Gasteiger partial charge < -0.3 is 10.6 Å². The van der Waals surface area contributed by atoms with E-state index >= 15 is 0 Å². The van der Waals surface area contributed by atoms with Crippen molar-refractivity contribution in [2.45, 2.75) is 44.7 Å². The van der Waals surface area contributed by atoms with Crippen molar-refractivity contribution in [3.8, 4) is 16.8 Å². The van der Waals surface area contributed by atoms with Crippen LogP contribution in [0.2, 0.25) is 10.0 Å². The van der Waals surface area contributed by atoms with Crippen LogP contribution in [0.3, 0.4) is 0 Å². The minimum atomic E-state index is -0.136. The van der Waals surface area contributed by atoms with E-state index in [0.717, 1.165) is 72.3 Å². The molecule has 0 spiro atoms. The molecule has 2 atom stereocenters. The van der Waals surface area contributed by atoms with Gasteiger partial charge in [0.1, 0.15) is 5.52 Å². The lowest BCUT2D eigenvalue weighted by atomic mass is 10.0. The van der Waals surface area contributed by atoms with Crippen molar-refractivity contribution in [1.82, 2.24) is 55.2 Å². The molecule has 8 heterocycles. The van der Waals surface area contributed by atoms with Gasteiger partial charge in [0.2, 0.25) is 0 Å². The molecular formula is C46H43Cl2N13O2. The van der Waals surface area contributed by atoms with Gasteiger partial charge in [0.05, 0.1) is 34.0 Å². The highest BCUT2D eigenvalue weighted by molar-refractivity contribution is 6.34. The first kappa shape index (κ1) is 41.7. The fourth-order valence-corrected chi connectivity index (χ4v) is 8.45. The van der Waals surface area contributed by atoms with Crippen LogP contribution in [0, 0.1) is 6.92 Å². The van der Waals surface area contributed by atoms with Crippen LogP contribution in [-0.2, 0) is 0 Å². The van der Waals surface area contributed by atoms with E-state index in [0.29, 0.717) is 51.5 Å². The summed E-state index contributed by atoms with van der Waals surface area (Å²) in [6.07, 6.45) is 14.3. The van der Waals surface area contributed by atoms with Crippen LogP contribution in [0.5, 0.6) is 0 Å². The Morgan fingerprint density at radius 3 is 1.86 bits per heavy atom. The SMILES string of the molecule is Cc1cnc2c(c1)nnn2-c1ccc(C(=O)N(c2ncccc2Cl)[C@@H]2CCCNC2)cc1.O=C(c1ccc(-c2cnn3cccnc23)cc1)N(c1ncccc1Cl)[C@@H]1CCCNC1. The highest BCUT2D eigenvalue weighted by atomic mass is 35.5. The van der Waals surface area contributed by atoms with Crippen LogP contribution in [0.25, 0.3) is 33.6 Å². The molecule has 2 aliphatic heterocycles. The second kappa shape index (κ2) is 18.8. The molecule has 2 aromatic carbocycles. The second-order valence-corrected chi connectivity index (χ2v) is 16.2. The number of hydrogen-bond acceptors (Lipinski definition) is 11. The van der Waals surface area contributed by atoms with Crippen molar-refractivity contribution in [3.05, 3.63) is 149 Å². The van der Waals surface area contributed by atoms with Crippen LogP contribution in [0.15, 0.2) is 122 Å². The fourth-order valence-electron chi connectivity index (χ4n) is 8.03. The molecule has 2 saturated heterocycles. The lowest BCUT2D eigenvalue weighted by Gasteiger charge is -2.34. The van der Waals surface area contributed by atoms with Gasteiger partial charge in [-0.25, -0.2) is 24.5 Å². The van der Waals surface area contributed by atoms with Crippen molar-refractivity contribution in [2.75, 3.05) is 36.0 Å². The van der Waals surface area contributed by atoms with Crippen LogP contribution in [0.4, 0.5) is 11.6 Å². The number of anilines is 2. The van der Waals surface area contributed by atoms with Gasteiger partial charge in [-0.15, -0.1) is 5.10 Å². The quantitative estimate of drug-likeness (QED) is 0.156. The van der Waals surface area contributed by atoms with E-state index in [4.69, 9.17) is 23.2 Å². The van der Waals surface area contributed by atoms with Crippen LogP contribution < -0.4 is 20.4 Å². The first-order chi connectivity index (χ1) is 30.8.